The zero-order valence-electron chi connectivity index (χ0n) is 19.2. The second kappa shape index (κ2) is 8.99. The van der Waals surface area contributed by atoms with Gasteiger partial charge >= 0.3 is 12.1 Å². The van der Waals surface area contributed by atoms with Crippen LogP contribution in [0.2, 0.25) is 0 Å². The number of nitro groups is 1. The first kappa shape index (κ1) is 24.2. The molecule has 0 radical (unpaired) electrons. The number of nitro benzene ring substituents is 1. The lowest BCUT2D eigenvalue weighted by Crippen LogP contribution is -2.60. The van der Waals surface area contributed by atoms with E-state index in [-0.39, 0.29) is 18.8 Å². The van der Waals surface area contributed by atoms with Crippen LogP contribution in [0.25, 0.3) is 0 Å². The van der Waals surface area contributed by atoms with E-state index in [4.69, 9.17) is 9.47 Å². The molecule has 2 rings (SSSR count). The van der Waals surface area contributed by atoms with Gasteiger partial charge in [0.25, 0.3) is 5.69 Å². The van der Waals surface area contributed by atoms with Crippen molar-refractivity contribution >= 4 is 29.1 Å². The normalized spacial score (nSPS) is 17.2. The fraction of sp³-hybridized carbons (Fsp3) is 0.619. The fourth-order valence-electron chi connectivity index (χ4n) is 3.21. The number of nitrogens with one attached hydrogen (secondary N) is 1. The Morgan fingerprint density at radius 3 is 2.23 bits per heavy atom. The number of nitrogens with zero attached hydrogens (tertiary/aromatic N) is 3. The second-order valence-corrected chi connectivity index (χ2v) is 9.38. The van der Waals surface area contributed by atoms with E-state index in [0.29, 0.717) is 17.9 Å². The number of ether oxygens (including phenoxy) is 2. The van der Waals surface area contributed by atoms with Crippen LogP contribution >= 0.6 is 0 Å². The monoisotopic (exact) mass is 436 g/mol. The van der Waals surface area contributed by atoms with E-state index in [1.165, 1.54) is 11.0 Å². The summed E-state index contributed by atoms with van der Waals surface area (Å²) in [6.07, 6.45) is -0.581. The van der Waals surface area contributed by atoms with Crippen LogP contribution in [-0.2, 0) is 14.3 Å². The largest absolute Gasteiger partial charge is 0.458 e. The predicted molar refractivity (Wildman–Crippen MR) is 117 cm³/mol. The summed E-state index contributed by atoms with van der Waals surface area (Å²) in [5.74, 6) is -0.529. The smallest absolute Gasteiger partial charge is 0.411 e. The molecule has 0 aromatic heterocycles. The molecule has 1 aromatic carbocycles. The van der Waals surface area contributed by atoms with Crippen molar-refractivity contribution in [2.24, 2.45) is 0 Å². The third kappa shape index (κ3) is 6.47. The highest BCUT2D eigenvalue weighted by Crippen LogP contribution is 2.31. The second-order valence-electron chi connectivity index (χ2n) is 9.38. The molecule has 10 heteroatoms. The zero-order chi connectivity index (χ0) is 23.6. The van der Waals surface area contributed by atoms with Gasteiger partial charge < -0.3 is 19.7 Å². The molecule has 1 heterocycles. The number of hydrogen-bond acceptors (Lipinski definition) is 8. The minimum atomic E-state index is -0.879. The predicted octanol–water partition coefficient (Wildman–Crippen LogP) is 3.40. The van der Waals surface area contributed by atoms with Crippen molar-refractivity contribution in [2.45, 2.75) is 58.8 Å². The molecule has 0 saturated carbocycles. The van der Waals surface area contributed by atoms with Crippen LogP contribution in [0.15, 0.2) is 18.2 Å². The van der Waals surface area contributed by atoms with E-state index in [2.05, 4.69) is 5.32 Å². The summed E-state index contributed by atoms with van der Waals surface area (Å²) in [5, 5.41) is 14.0. The van der Waals surface area contributed by atoms with Gasteiger partial charge in [-0.15, -0.1) is 0 Å². The molecule has 1 amide bonds. The average Bonchev–Trinajstić information content (AvgIpc) is 2.64. The molecule has 1 N–H and O–H groups in total. The molecule has 1 unspecified atom stereocenters. The van der Waals surface area contributed by atoms with Crippen molar-refractivity contribution in [3.8, 4) is 0 Å². The molecule has 1 aromatic rings. The molecular formula is C21H32N4O6. The van der Waals surface area contributed by atoms with Crippen LogP contribution in [0.4, 0.5) is 21.9 Å². The van der Waals surface area contributed by atoms with Gasteiger partial charge in [-0.3, -0.25) is 15.0 Å². The van der Waals surface area contributed by atoms with Crippen molar-refractivity contribution in [1.82, 2.24) is 4.90 Å². The SMILES string of the molecule is CNc1cc(N2CCN(C(=O)OC(C)(C)C)C(C(=O)OC(C)(C)C)C2)ccc1[N+](=O)[O-]. The van der Waals surface area contributed by atoms with Crippen molar-refractivity contribution in [3.63, 3.8) is 0 Å². The van der Waals surface area contributed by atoms with Crippen LogP contribution in [0.3, 0.4) is 0 Å². The Morgan fingerprint density at radius 2 is 1.71 bits per heavy atom. The molecule has 1 saturated heterocycles. The molecule has 0 spiro atoms. The topological polar surface area (TPSA) is 114 Å². The van der Waals surface area contributed by atoms with Crippen molar-refractivity contribution < 1.29 is 24.0 Å². The van der Waals surface area contributed by atoms with Gasteiger partial charge in [0.15, 0.2) is 6.04 Å². The summed E-state index contributed by atoms with van der Waals surface area (Å²) in [7, 11) is 1.61. The van der Waals surface area contributed by atoms with Crippen LogP contribution < -0.4 is 10.2 Å². The third-order valence-corrected chi connectivity index (χ3v) is 4.50. The van der Waals surface area contributed by atoms with Gasteiger partial charge in [0.05, 0.1) is 4.92 Å². The number of benzene rings is 1. The maximum Gasteiger partial charge on any atom is 0.411 e. The van der Waals surface area contributed by atoms with Crippen LogP contribution in [0.5, 0.6) is 0 Å². The minimum absolute atomic E-state index is 0.0395. The van der Waals surface area contributed by atoms with Crippen LogP contribution in [0.1, 0.15) is 41.5 Å². The number of carbonyl (C=O) groups excluding carboxylic acids is 2. The van der Waals surface area contributed by atoms with Gasteiger partial charge in [-0.2, -0.15) is 0 Å². The molecule has 31 heavy (non-hydrogen) atoms. The zero-order valence-corrected chi connectivity index (χ0v) is 19.2. The number of anilines is 2. The molecule has 10 nitrogen and oxygen atoms in total. The fourth-order valence-corrected chi connectivity index (χ4v) is 3.21. The number of hydrogen-bond donors (Lipinski definition) is 1. The molecule has 0 bridgehead atoms. The van der Waals surface area contributed by atoms with Gasteiger partial charge in [0.2, 0.25) is 0 Å². The highest BCUT2D eigenvalue weighted by atomic mass is 16.6. The van der Waals surface area contributed by atoms with E-state index in [1.807, 2.05) is 4.90 Å². The lowest BCUT2D eigenvalue weighted by molar-refractivity contribution is -0.383. The number of carbonyl (C=O) groups is 2. The maximum atomic E-state index is 12.9. The van der Waals surface area contributed by atoms with Crippen molar-refractivity contribution in [2.75, 3.05) is 36.9 Å². The van der Waals surface area contributed by atoms with Gasteiger partial charge in [0.1, 0.15) is 16.9 Å². The van der Waals surface area contributed by atoms with E-state index >= 15 is 0 Å². The Balaban J connectivity index is 2.32. The minimum Gasteiger partial charge on any atom is -0.458 e. The molecule has 1 aliphatic rings. The number of piperazine rings is 1. The Morgan fingerprint density at radius 1 is 1.10 bits per heavy atom. The highest BCUT2D eigenvalue weighted by Gasteiger charge is 2.40. The summed E-state index contributed by atoms with van der Waals surface area (Å²) in [6, 6.07) is 3.84. The number of rotatable bonds is 4. The van der Waals surface area contributed by atoms with Crippen molar-refractivity contribution in [1.29, 1.82) is 0 Å². The Kier molecular flexibility index (Phi) is 7.03. The third-order valence-electron chi connectivity index (χ3n) is 4.50. The van der Waals surface area contributed by atoms with Crippen LogP contribution in [-0.4, -0.2) is 65.8 Å². The average molecular weight is 437 g/mol. The van der Waals surface area contributed by atoms with E-state index in [1.54, 1.807) is 60.7 Å². The molecule has 1 atom stereocenters. The standard InChI is InChI=1S/C21H32N4O6/c1-20(2,3)30-18(26)17-13-23(10-11-24(17)19(27)31-21(4,5)6)14-8-9-16(25(28)29)15(12-14)22-7/h8-9,12,17,22H,10-11,13H2,1-7H3. The Hall–Kier alpha value is -3.04. The van der Waals surface area contributed by atoms with Gasteiger partial charge in [-0.25, -0.2) is 9.59 Å². The summed E-state index contributed by atoms with van der Waals surface area (Å²) in [6.45, 7) is 11.4. The summed E-state index contributed by atoms with van der Waals surface area (Å²) >= 11 is 0. The molecule has 172 valence electrons. The number of esters is 1. The Labute approximate surface area is 182 Å². The van der Waals surface area contributed by atoms with Gasteiger partial charge in [-0.1, -0.05) is 0 Å². The van der Waals surface area contributed by atoms with Gasteiger partial charge in [-0.05, 0) is 53.7 Å². The molecule has 1 aliphatic heterocycles. The summed E-state index contributed by atoms with van der Waals surface area (Å²) < 4.78 is 11.0. The quantitative estimate of drug-likeness (QED) is 0.434. The summed E-state index contributed by atoms with van der Waals surface area (Å²) in [4.78, 5) is 39.7. The molecule has 0 aliphatic carbocycles. The summed E-state index contributed by atoms with van der Waals surface area (Å²) in [5.41, 5.74) is -0.390. The lowest BCUT2D eigenvalue weighted by atomic mass is 10.1. The van der Waals surface area contributed by atoms with Crippen molar-refractivity contribution in [3.05, 3.63) is 28.3 Å². The first-order valence-corrected chi connectivity index (χ1v) is 10.2. The van der Waals surface area contributed by atoms with Crippen LogP contribution in [0, 0.1) is 10.1 Å². The maximum absolute atomic E-state index is 12.9. The number of amides is 1. The van der Waals surface area contributed by atoms with Gasteiger partial charge in [0, 0.05) is 38.4 Å². The molecular weight excluding hydrogens is 404 g/mol. The van der Waals surface area contributed by atoms with E-state index in [9.17, 15) is 19.7 Å². The van der Waals surface area contributed by atoms with E-state index < -0.39 is 34.2 Å². The lowest BCUT2D eigenvalue weighted by Gasteiger charge is -2.42. The molecule has 1 fully saturated rings. The highest BCUT2D eigenvalue weighted by molar-refractivity contribution is 5.83. The van der Waals surface area contributed by atoms with E-state index in [0.717, 1.165) is 0 Å². The first-order chi connectivity index (χ1) is 14.2. The Bertz CT molecular complexity index is 843. The first-order valence-electron chi connectivity index (χ1n) is 10.2.